The molecule has 0 fully saturated rings. The molecule has 0 saturated heterocycles. The average molecular weight is 634 g/mol. The highest BCUT2D eigenvalue weighted by atomic mass is 16.3. The minimum atomic E-state index is -0.0169. The van der Waals surface area contributed by atoms with Crippen LogP contribution in [0, 0.1) is 0 Å². The molecular weight excluding hydrogens is 599 g/mol. The maximum atomic E-state index is 6.66. The van der Waals surface area contributed by atoms with Crippen molar-refractivity contribution in [3.8, 4) is 33.4 Å². The molecule has 236 valence electrons. The fraction of sp³-hybridized carbons (Fsp3) is 0.0870. The van der Waals surface area contributed by atoms with Crippen molar-refractivity contribution >= 4 is 55.3 Å². The predicted octanol–water partition coefficient (Wildman–Crippen LogP) is 13.5. The lowest BCUT2D eigenvalue weighted by atomic mass is 9.86. The van der Waals surface area contributed by atoms with E-state index in [-0.39, 0.29) is 5.41 Å². The van der Waals surface area contributed by atoms with Crippen LogP contribution in [0.3, 0.4) is 0 Å². The van der Waals surface area contributed by atoms with Gasteiger partial charge in [-0.3, -0.25) is 0 Å². The van der Waals surface area contributed by atoms with Crippen LogP contribution in [-0.4, -0.2) is 0 Å². The number of benzene rings is 7. The van der Waals surface area contributed by atoms with Crippen LogP contribution >= 0.6 is 0 Å². The smallest absolute Gasteiger partial charge is 0.143 e. The lowest BCUT2D eigenvalue weighted by molar-refractivity contribution is 0.573. The van der Waals surface area contributed by atoms with Crippen molar-refractivity contribution in [2.75, 3.05) is 5.32 Å². The molecule has 49 heavy (non-hydrogen) atoms. The number of furan rings is 2. The van der Waals surface area contributed by atoms with Crippen LogP contribution in [-0.2, 0) is 5.41 Å². The molecule has 3 nitrogen and oxygen atoms in total. The van der Waals surface area contributed by atoms with Gasteiger partial charge in [0.1, 0.15) is 22.3 Å². The van der Waals surface area contributed by atoms with Crippen LogP contribution in [0.15, 0.2) is 160 Å². The lowest BCUT2D eigenvalue weighted by Crippen LogP contribution is -2.10. The Hall–Kier alpha value is -6.06. The van der Waals surface area contributed by atoms with Gasteiger partial charge in [-0.2, -0.15) is 0 Å². The molecule has 9 rings (SSSR count). The first-order valence-electron chi connectivity index (χ1n) is 16.8. The van der Waals surface area contributed by atoms with E-state index >= 15 is 0 Å². The van der Waals surface area contributed by atoms with E-state index in [1.807, 2.05) is 12.1 Å². The normalized spacial score (nSPS) is 12.0. The third-order valence-corrected chi connectivity index (χ3v) is 9.61. The Morgan fingerprint density at radius 2 is 1.08 bits per heavy atom. The summed E-state index contributed by atoms with van der Waals surface area (Å²) in [5, 5.41) is 8.20. The first kappa shape index (κ1) is 29.1. The Balaban J connectivity index is 1.10. The molecule has 0 aliphatic heterocycles. The van der Waals surface area contributed by atoms with Crippen LogP contribution in [0.2, 0.25) is 0 Å². The lowest BCUT2D eigenvalue weighted by Gasteiger charge is -2.18. The second-order valence-electron chi connectivity index (χ2n) is 13.8. The number of para-hydroxylation sites is 2. The molecule has 0 unspecified atom stereocenters. The van der Waals surface area contributed by atoms with E-state index in [1.54, 1.807) is 0 Å². The number of hydrogen-bond acceptors (Lipinski definition) is 3. The van der Waals surface area contributed by atoms with Gasteiger partial charge in [-0.1, -0.05) is 136 Å². The van der Waals surface area contributed by atoms with Gasteiger partial charge >= 0.3 is 0 Å². The molecule has 0 aliphatic carbocycles. The highest BCUT2D eigenvalue weighted by molar-refractivity contribution is 6.18. The Morgan fingerprint density at radius 1 is 0.449 bits per heavy atom. The summed E-state index contributed by atoms with van der Waals surface area (Å²) in [4.78, 5) is 0. The van der Waals surface area contributed by atoms with Crippen molar-refractivity contribution in [1.29, 1.82) is 0 Å². The van der Waals surface area contributed by atoms with E-state index in [4.69, 9.17) is 8.83 Å². The van der Waals surface area contributed by atoms with Crippen molar-refractivity contribution in [2.45, 2.75) is 26.2 Å². The van der Waals surface area contributed by atoms with E-state index in [0.29, 0.717) is 0 Å². The predicted molar refractivity (Wildman–Crippen MR) is 206 cm³/mol. The molecule has 7 aromatic carbocycles. The first-order valence-corrected chi connectivity index (χ1v) is 16.8. The highest BCUT2D eigenvalue weighted by Crippen LogP contribution is 2.43. The summed E-state index contributed by atoms with van der Waals surface area (Å²) < 4.78 is 13.1. The van der Waals surface area contributed by atoms with Gasteiger partial charge in [-0.05, 0) is 69.6 Å². The third-order valence-electron chi connectivity index (χ3n) is 9.61. The number of fused-ring (bicyclic) bond motifs is 6. The van der Waals surface area contributed by atoms with E-state index in [0.717, 1.165) is 77.5 Å². The fourth-order valence-electron chi connectivity index (χ4n) is 7.23. The molecule has 9 aromatic rings. The molecule has 1 N–H and O–H groups in total. The quantitative estimate of drug-likeness (QED) is 0.205. The molecule has 0 aliphatic rings. The standard InChI is InChI=1S/C46H35NO2/c1-46(2,3)38-20-9-19-37-36-18-8-17-35(44(36)49-45(37)38)30-24-26-33(27-25-30)47-39-21-11-23-41-43(39)42-34(16-10-22-40(42)48-41)32-15-7-14-31(28-32)29-12-5-4-6-13-29/h4-28,47H,1-3H3. The molecule has 3 heteroatoms. The summed E-state index contributed by atoms with van der Waals surface area (Å²) in [6, 6.07) is 53.4. The van der Waals surface area contributed by atoms with Crippen molar-refractivity contribution in [2.24, 2.45) is 0 Å². The molecule has 0 amide bonds. The Morgan fingerprint density at radius 3 is 1.88 bits per heavy atom. The SMILES string of the molecule is CC(C)(C)c1cccc2c1oc1c(-c3ccc(Nc4cccc5oc6cccc(-c7cccc(-c8ccccc8)c7)c6c45)cc3)cccc12. The summed E-state index contributed by atoms with van der Waals surface area (Å²) in [6.07, 6.45) is 0. The number of anilines is 2. The molecule has 0 bridgehead atoms. The molecule has 2 aromatic heterocycles. The van der Waals surface area contributed by atoms with Gasteiger partial charge in [0.15, 0.2) is 0 Å². The summed E-state index contributed by atoms with van der Waals surface area (Å²) in [5.74, 6) is 0. The number of nitrogens with one attached hydrogen (secondary N) is 1. The molecule has 0 atom stereocenters. The van der Waals surface area contributed by atoms with Gasteiger partial charge in [0.2, 0.25) is 0 Å². The summed E-state index contributed by atoms with van der Waals surface area (Å²) >= 11 is 0. The van der Waals surface area contributed by atoms with Crippen molar-refractivity contribution in [1.82, 2.24) is 0 Å². The van der Waals surface area contributed by atoms with Crippen molar-refractivity contribution in [3.63, 3.8) is 0 Å². The van der Waals surface area contributed by atoms with E-state index < -0.39 is 0 Å². The Labute approximate surface area is 285 Å². The van der Waals surface area contributed by atoms with E-state index in [1.165, 1.54) is 16.7 Å². The second-order valence-corrected chi connectivity index (χ2v) is 13.8. The van der Waals surface area contributed by atoms with Gasteiger partial charge in [-0.15, -0.1) is 0 Å². The zero-order valence-corrected chi connectivity index (χ0v) is 27.8. The van der Waals surface area contributed by atoms with Gasteiger partial charge in [0.05, 0.1) is 11.1 Å². The number of rotatable bonds is 5. The van der Waals surface area contributed by atoms with Crippen LogP contribution in [0.4, 0.5) is 11.4 Å². The molecule has 2 heterocycles. The monoisotopic (exact) mass is 633 g/mol. The van der Waals surface area contributed by atoms with Crippen LogP contribution < -0.4 is 5.32 Å². The van der Waals surface area contributed by atoms with Crippen LogP contribution in [0.5, 0.6) is 0 Å². The van der Waals surface area contributed by atoms with Gasteiger partial charge in [-0.25, -0.2) is 0 Å². The van der Waals surface area contributed by atoms with Crippen molar-refractivity contribution in [3.05, 3.63) is 157 Å². The maximum Gasteiger partial charge on any atom is 0.143 e. The van der Waals surface area contributed by atoms with Gasteiger partial charge in [0.25, 0.3) is 0 Å². The summed E-state index contributed by atoms with van der Waals surface area (Å²) in [7, 11) is 0. The van der Waals surface area contributed by atoms with Crippen LogP contribution in [0.25, 0.3) is 77.3 Å². The van der Waals surface area contributed by atoms with Crippen LogP contribution in [0.1, 0.15) is 26.3 Å². The number of hydrogen-bond donors (Lipinski definition) is 1. The largest absolute Gasteiger partial charge is 0.456 e. The topological polar surface area (TPSA) is 38.3 Å². The zero-order chi connectivity index (χ0) is 33.1. The van der Waals surface area contributed by atoms with Crippen molar-refractivity contribution < 1.29 is 8.83 Å². The molecule has 0 radical (unpaired) electrons. The molecular formula is C46H35NO2. The average Bonchev–Trinajstić information content (AvgIpc) is 3.71. The minimum absolute atomic E-state index is 0.0169. The highest BCUT2D eigenvalue weighted by Gasteiger charge is 2.22. The molecule has 0 spiro atoms. The maximum absolute atomic E-state index is 6.66. The summed E-state index contributed by atoms with van der Waals surface area (Å²) in [6.45, 7) is 6.70. The second kappa shape index (κ2) is 11.3. The van der Waals surface area contributed by atoms with Gasteiger partial charge in [0, 0.05) is 33.0 Å². The first-order chi connectivity index (χ1) is 23.9. The Bertz CT molecular complexity index is 2650. The van der Waals surface area contributed by atoms with Gasteiger partial charge < -0.3 is 14.2 Å². The fourth-order valence-corrected chi connectivity index (χ4v) is 7.23. The Kier molecular flexibility index (Phi) is 6.70. The minimum Gasteiger partial charge on any atom is -0.456 e. The third kappa shape index (κ3) is 4.98. The van der Waals surface area contributed by atoms with E-state index in [2.05, 4.69) is 166 Å². The zero-order valence-electron chi connectivity index (χ0n) is 27.8. The molecule has 0 saturated carbocycles. The van der Waals surface area contributed by atoms with E-state index in [9.17, 15) is 0 Å². The summed E-state index contributed by atoms with van der Waals surface area (Å²) in [5.41, 5.74) is 13.7.